The Morgan fingerprint density at radius 1 is 1.13 bits per heavy atom. The number of aryl methyl sites for hydroxylation is 4. The molecule has 2 rings (SSSR count). The average molecular weight is 313 g/mol. The zero-order valence-electron chi connectivity index (χ0n) is 14.6. The van der Waals surface area contributed by atoms with Gasteiger partial charge < -0.3 is 10.6 Å². The molecule has 2 aromatic rings. The van der Waals surface area contributed by atoms with E-state index in [4.69, 9.17) is 0 Å². The van der Waals surface area contributed by atoms with Gasteiger partial charge in [0.25, 0.3) is 0 Å². The molecule has 0 fully saturated rings. The van der Waals surface area contributed by atoms with Gasteiger partial charge in [0, 0.05) is 32.4 Å². The molecule has 5 nitrogen and oxygen atoms in total. The fraction of sp³-hybridized carbons (Fsp3) is 0.444. The van der Waals surface area contributed by atoms with E-state index in [2.05, 4.69) is 69.6 Å². The number of guanidine groups is 1. The highest BCUT2D eigenvalue weighted by molar-refractivity contribution is 5.79. The molecule has 2 N–H and O–H groups in total. The highest BCUT2D eigenvalue weighted by atomic mass is 15.3. The largest absolute Gasteiger partial charge is 0.356 e. The van der Waals surface area contributed by atoms with Crippen molar-refractivity contribution < 1.29 is 0 Å². The van der Waals surface area contributed by atoms with Crippen molar-refractivity contribution in [2.24, 2.45) is 4.99 Å². The lowest BCUT2D eigenvalue weighted by Crippen LogP contribution is -2.37. The van der Waals surface area contributed by atoms with Crippen LogP contribution in [0, 0.1) is 20.8 Å². The summed E-state index contributed by atoms with van der Waals surface area (Å²) in [5.41, 5.74) is 4.82. The number of hydrogen-bond donors (Lipinski definition) is 2. The van der Waals surface area contributed by atoms with Crippen LogP contribution in [0.25, 0.3) is 0 Å². The number of nitrogens with one attached hydrogen (secondary N) is 2. The van der Waals surface area contributed by atoms with Crippen LogP contribution in [0.4, 0.5) is 0 Å². The Bertz CT molecular complexity index is 640. The van der Waals surface area contributed by atoms with Crippen molar-refractivity contribution in [1.29, 1.82) is 0 Å². The maximum absolute atomic E-state index is 4.47. The first-order valence-corrected chi connectivity index (χ1v) is 8.09. The van der Waals surface area contributed by atoms with Gasteiger partial charge in [0.15, 0.2) is 5.96 Å². The van der Waals surface area contributed by atoms with Gasteiger partial charge in [0.05, 0.1) is 5.69 Å². The maximum Gasteiger partial charge on any atom is 0.191 e. The van der Waals surface area contributed by atoms with Gasteiger partial charge in [-0.2, -0.15) is 5.10 Å². The summed E-state index contributed by atoms with van der Waals surface area (Å²) in [5.74, 6) is 0.832. The van der Waals surface area contributed by atoms with E-state index >= 15 is 0 Å². The molecule has 0 atom stereocenters. The van der Waals surface area contributed by atoms with Crippen LogP contribution in [0.1, 0.15) is 28.9 Å². The molecule has 1 aromatic carbocycles. The molecule has 5 heteroatoms. The van der Waals surface area contributed by atoms with Crippen LogP contribution in [-0.2, 0) is 13.1 Å². The van der Waals surface area contributed by atoms with Gasteiger partial charge in [-0.1, -0.05) is 29.8 Å². The van der Waals surface area contributed by atoms with Crippen molar-refractivity contribution in [1.82, 2.24) is 20.4 Å². The van der Waals surface area contributed by atoms with Crippen LogP contribution >= 0.6 is 0 Å². The second-order valence-corrected chi connectivity index (χ2v) is 5.84. The molecule has 0 aliphatic carbocycles. The van der Waals surface area contributed by atoms with E-state index in [0.717, 1.165) is 37.7 Å². The summed E-state index contributed by atoms with van der Waals surface area (Å²) in [6.07, 6.45) is 1.01. The molecule has 1 heterocycles. The number of benzene rings is 1. The monoisotopic (exact) mass is 313 g/mol. The molecule has 1 aromatic heterocycles. The minimum atomic E-state index is 0.775. The molecule has 124 valence electrons. The molecule has 0 unspecified atom stereocenters. The van der Waals surface area contributed by atoms with Gasteiger partial charge in [-0.3, -0.25) is 9.67 Å². The molecule has 0 saturated heterocycles. The van der Waals surface area contributed by atoms with E-state index in [1.807, 2.05) is 6.92 Å². The number of hydrogen-bond acceptors (Lipinski definition) is 2. The SMILES string of the molecule is CN=C(NCCCn1nc(C)cc1C)NCc1ccc(C)cc1. The standard InChI is InChI=1S/C18H27N5/c1-14-6-8-17(9-7-14)13-21-18(19-4)20-10-5-11-23-16(3)12-15(2)22-23/h6-9,12H,5,10-11,13H2,1-4H3,(H2,19,20,21). The lowest BCUT2D eigenvalue weighted by molar-refractivity contribution is 0.555. The second kappa shape index (κ2) is 8.36. The van der Waals surface area contributed by atoms with Crippen molar-refractivity contribution in [2.75, 3.05) is 13.6 Å². The van der Waals surface area contributed by atoms with Gasteiger partial charge in [0.2, 0.25) is 0 Å². The summed E-state index contributed by atoms with van der Waals surface area (Å²) in [4.78, 5) is 4.26. The molecular formula is C18H27N5. The summed E-state index contributed by atoms with van der Waals surface area (Å²) < 4.78 is 2.06. The molecule has 0 spiro atoms. The Morgan fingerprint density at radius 3 is 2.48 bits per heavy atom. The Balaban J connectivity index is 1.70. The third kappa shape index (κ3) is 5.43. The van der Waals surface area contributed by atoms with Crippen molar-refractivity contribution >= 4 is 5.96 Å². The van der Waals surface area contributed by atoms with E-state index in [0.29, 0.717) is 0 Å². The molecule has 0 aliphatic heterocycles. The van der Waals surface area contributed by atoms with Crippen LogP contribution in [-0.4, -0.2) is 29.3 Å². The summed E-state index contributed by atoms with van der Waals surface area (Å²) >= 11 is 0. The smallest absolute Gasteiger partial charge is 0.191 e. The third-order valence-corrected chi connectivity index (χ3v) is 3.75. The van der Waals surface area contributed by atoms with Crippen LogP contribution < -0.4 is 10.6 Å². The Labute approximate surface area is 138 Å². The van der Waals surface area contributed by atoms with Crippen LogP contribution in [0.5, 0.6) is 0 Å². The van der Waals surface area contributed by atoms with Crippen molar-refractivity contribution in [3.8, 4) is 0 Å². The van der Waals surface area contributed by atoms with Gasteiger partial charge in [0.1, 0.15) is 0 Å². The number of nitrogens with zero attached hydrogens (tertiary/aromatic N) is 3. The second-order valence-electron chi connectivity index (χ2n) is 5.84. The van der Waals surface area contributed by atoms with Crippen molar-refractivity contribution in [3.63, 3.8) is 0 Å². The van der Waals surface area contributed by atoms with E-state index in [1.165, 1.54) is 16.8 Å². The summed E-state index contributed by atoms with van der Waals surface area (Å²) in [7, 11) is 1.80. The van der Waals surface area contributed by atoms with Crippen LogP contribution in [0.3, 0.4) is 0 Å². The Hall–Kier alpha value is -2.30. The first-order chi connectivity index (χ1) is 11.1. The van der Waals surface area contributed by atoms with E-state index in [9.17, 15) is 0 Å². The molecule has 0 saturated carbocycles. The van der Waals surface area contributed by atoms with Gasteiger partial charge in [-0.25, -0.2) is 0 Å². The Morgan fingerprint density at radius 2 is 1.87 bits per heavy atom. The molecule has 23 heavy (non-hydrogen) atoms. The number of aromatic nitrogens is 2. The lowest BCUT2D eigenvalue weighted by Gasteiger charge is -2.12. The fourth-order valence-corrected chi connectivity index (χ4v) is 2.45. The minimum absolute atomic E-state index is 0.775. The molecule has 0 radical (unpaired) electrons. The van der Waals surface area contributed by atoms with Gasteiger partial charge in [-0.05, 0) is 38.8 Å². The van der Waals surface area contributed by atoms with Crippen molar-refractivity contribution in [3.05, 3.63) is 52.8 Å². The fourth-order valence-electron chi connectivity index (χ4n) is 2.45. The normalized spacial score (nSPS) is 11.6. The van der Waals surface area contributed by atoms with Crippen LogP contribution in [0.15, 0.2) is 35.3 Å². The zero-order valence-corrected chi connectivity index (χ0v) is 14.6. The predicted molar refractivity (Wildman–Crippen MR) is 95.7 cm³/mol. The molecule has 0 amide bonds. The van der Waals surface area contributed by atoms with E-state index < -0.39 is 0 Å². The lowest BCUT2D eigenvalue weighted by atomic mass is 10.1. The quantitative estimate of drug-likeness (QED) is 0.489. The molecule has 0 bridgehead atoms. The predicted octanol–water partition coefficient (Wildman–Crippen LogP) is 2.56. The zero-order chi connectivity index (χ0) is 16.7. The maximum atomic E-state index is 4.47. The van der Waals surface area contributed by atoms with E-state index in [-0.39, 0.29) is 0 Å². The first-order valence-electron chi connectivity index (χ1n) is 8.09. The van der Waals surface area contributed by atoms with E-state index in [1.54, 1.807) is 7.05 Å². The number of rotatable bonds is 6. The summed E-state index contributed by atoms with van der Waals surface area (Å²) in [6.45, 7) is 8.78. The number of aliphatic imine (C=N–C) groups is 1. The topological polar surface area (TPSA) is 54.2 Å². The van der Waals surface area contributed by atoms with Gasteiger partial charge in [-0.15, -0.1) is 0 Å². The van der Waals surface area contributed by atoms with Crippen molar-refractivity contribution in [2.45, 2.75) is 40.3 Å². The minimum Gasteiger partial charge on any atom is -0.356 e. The summed E-state index contributed by atoms with van der Waals surface area (Å²) in [6, 6.07) is 10.6. The average Bonchev–Trinajstić information content (AvgIpc) is 2.86. The third-order valence-electron chi connectivity index (χ3n) is 3.75. The van der Waals surface area contributed by atoms with Crippen LogP contribution in [0.2, 0.25) is 0 Å². The highest BCUT2D eigenvalue weighted by Gasteiger charge is 2.01. The summed E-state index contributed by atoms with van der Waals surface area (Å²) in [5, 5.41) is 11.2. The Kier molecular flexibility index (Phi) is 6.20. The first kappa shape index (κ1) is 17.1. The molecular weight excluding hydrogens is 286 g/mol. The highest BCUT2D eigenvalue weighted by Crippen LogP contribution is 2.03. The van der Waals surface area contributed by atoms with Gasteiger partial charge >= 0.3 is 0 Å². The molecule has 0 aliphatic rings.